The number of Topliss-reactive ketones (excluding diaryl/α,β-unsaturated/α-hetero) is 5. The Morgan fingerprint density at radius 1 is 0.262 bits per heavy atom. The molecule has 0 fully saturated rings. The van der Waals surface area contributed by atoms with E-state index < -0.39 is 41.2 Å². The van der Waals surface area contributed by atoms with Crippen LogP contribution in [0.15, 0.2) is 298 Å². The first-order chi connectivity index (χ1) is 71.5. The molecule has 149 heavy (non-hydrogen) atoms. The number of ketones is 5. The molecule has 5 aromatic heterocycles. The molecule has 0 saturated heterocycles. The summed E-state index contributed by atoms with van der Waals surface area (Å²) in [6.07, 6.45) is 9.70. The van der Waals surface area contributed by atoms with Crippen molar-refractivity contribution < 1.29 is 69.1 Å². The maximum Gasteiger partial charge on any atom is 0.256 e. The van der Waals surface area contributed by atoms with Crippen LogP contribution in [0.2, 0.25) is 0 Å². The maximum absolute atomic E-state index is 14.5. The molecule has 15 rings (SSSR count). The maximum atomic E-state index is 14.5. The quantitative estimate of drug-likeness (QED) is 0.0201. The Labute approximate surface area is 868 Å². The molecule has 25 heteroatoms. The van der Waals surface area contributed by atoms with Crippen molar-refractivity contribution in [3.8, 4) is 55.6 Å². The van der Waals surface area contributed by atoms with E-state index in [0.717, 1.165) is 111 Å². The molecule has 0 aliphatic heterocycles. The number of halogens is 7. The summed E-state index contributed by atoms with van der Waals surface area (Å²) < 4.78 is 95.9. The van der Waals surface area contributed by atoms with Gasteiger partial charge in [0.2, 0.25) is 23.8 Å². The lowest BCUT2D eigenvalue weighted by Crippen LogP contribution is -2.27. The fourth-order valence-corrected chi connectivity index (χ4v) is 16.3. The molecule has 768 valence electrons. The van der Waals surface area contributed by atoms with Gasteiger partial charge in [0, 0.05) is 180 Å². The predicted molar refractivity (Wildman–Crippen MR) is 578 cm³/mol. The molecular weight excluding hydrogens is 1890 g/mol. The van der Waals surface area contributed by atoms with Crippen molar-refractivity contribution in [3.05, 3.63) is 434 Å². The zero-order valence-corrected chi connectivity index (χ0v) is 86.7. The molecule has 15 aromatic rings. The Balaban J connectivity index is 0.000000177. The fraction of sp³-hybridized carbons (Fsp3) is 0.250. The molecule has 0 aliphatic rings. The normalized spacial score (nSPS) is 10.7. The topological polar surface area (TPSA) is 217 Å². The summed E-state index contributed by atoms with van der Waals surface area (Å²) in [6, 6.07) is 83.1. The highest BCUT2D eigenvalue weighted by Crippen LogP contribution is 2.32. The summed E-state index contributed by atoms with van der Waals surface area (Å²) in [5.74, 6) is -5.64. The fourth-order valence-electron chi connectivity index (χ4n) is 16.3. The summed E-state index contributed by atoms with van der Waals surface area (Å²) >= 11 is 0. The van der Waals surface area contributed by atoms with Crippen LogP contribution in [-0.2, 0) is 32.1 Å². The minimum atomic E-state index is -0.919. The number of benzene rings is 10. The zero-order valence-electron chi connectivity index (χ0n) is 86.7. The lowest BCUT2D eigenvalue weighted by Gasteiger charge is -2.18. The van der Waals surface area contributed by atoms with Gasteiger partial charge in [0.05, 0.1) is 16.7 Å². The minimum absolute atomic E-state index is 0.00223. The van der Waals surface area contributed by atoms with Crippen molar-refractivity contribution in [1.29, 1.82) is 0 Å². The third-order valence-electron chi connectivity index (χ3n) is 25.8. The molecule has 0 atom stereocenters. The molecule has 0 saturated carbocycles. The van der Waals surface area contributed by atoms with Gasteiger partial charge in [-0.25, -0.2) is 23.1 Å². The molecule has 18 nitrogen and oxygen atoms in total. The van der Waals surface area contributed by atoms with E-state index in [4.69, 9.17) is 0 Å². The van der Waals surface area contributed by atoms with Crippen LogP contribution < -0.4 is 9.80 Å². The van der Waals surface area contributed by atoms with Gasteiger partial charge in [-0.15, -0.1) is 0 Å². The van der Waals surface area contributed by atoms with Gasteiger partial charge >= 0.3 is 0 Å². The van der Waals surface area contributed by atoms with Crippen molar-refractivity contribution in [2.45, 2.75) is 139 Å². The Kier molecular flexibility index (Phi) is 42.1. The number of rotatable bonds is 37. The number of anilines is 2. The summed E-state index contributed by atoms with van der Waals surface area (Å²) in [4.78, 5) is 127. The Morgan fingerprint density at radius 3 is 0.819 bits per heavy atom. The van der Waals surface area contributed by atoms with Gasteiger partial charge < -0.3 is 24.5 Å². The monoisotopic (exact) mass is 2010 g/mol. The number of amides is 3. The van der Waals surface area contributed by atoms with E-state index in [1.165, 1.54) is 92.4 Å². The first kappa shape index (κ1) is 113. The molecule has 3 amide bonds. The molecule has 0 radical (unpaired) electrons. The van der Waals surface area contributed by atoms with Crippen LogP contribution in [-0.4, -0.2) is 154 Å². The van der Waals surface area contributed by atoms with Gasteiger partial charge in [0.1, 0.15) is 17.5 Å². The molecule has 0 aliphatic carbocycles. The van der Waals surface area contributed by atoms with E-state index >= 15 is 0 Å². The average Bonchev–Trinajstić information content (AvgIpc) is 0.825. The summed E-state index contributed by atoms with van der Waals surface area (Å²) in [6.45, 7) is 21.0. The summed E-state index contributed by atoms with van der Waals surface area (Å²) in [5.41, 5.74) is 21.7. The van der Waals surface area contributed by atoms with Crippen LogP contribution in [0.3, 0.4) is 0 Å². The van der Waals surface area contributed by atoms with Crippen molar-refractivity contribution in [2.75, 3.05) is 77.8 Å². The SMILES string of the molecule is CCCN(C)c1ccc(-c2ccc(C(=O)CCc3ccc(C)nc3)cc2)cc1.CCCN(C)c1ccc(-c2ccc(C(=O)CCc3ccc(F)nc3)cc2)cc1.CCN(C)C(=O)c1ccc(-c2ccc(C(=O)CCc3ccc(C)nc3C)cc2)cc1F.CCN(C)C(=O)c1ccc(-c2ccc(C(=O)CCc3ccc(F)nc3C)cc2)cc1F.CCN(C)C(=O)c1ccc(-c2ccc(C(=O)CCc3ccc(F)nc3F)cc2)cc1F. The van der Waals surface area contributed by atoms with E-state index in [2.05, 4.69) is 111 Å². The largest absolute Gasteiger partial charge is 0.375 e. The highest BCUT2D eigenvalue weighted by molar-refractivity contribution is 6.01. The second-order valence-electron chi connectivity index (χ2n) is 36.4. The van der Waals surface area contributed by atoms with Crippen LogP contribution in [0, 0.1) is 68.9 Å². The highest BCUT2D eigenvalue weighted by atomic mass is 19.2. The molecule has 0 bridgehead atoms. The third-order valence-corrected chi connectivity index (χ3v) is 25.8. The number of hydrogen-bond acceptors (Lipinski definition) is 15. The van der Waals surface area contributed by atoms with Crippen LogP contribution in [0.25, 0.3) is 55.6 Å². The Bertz CT molecular complexity index is 6520. The molecule has 10 aromatic carbocycles. The molecule has 0 N–H and O–H groups in total. The Morgan fingerprint density at radius 2 is 0.530 bits per heavy atom. The first-order valence-electron chi connectivity index (χ1n) is 49.9. The summed E-state index contributed by atoms with van der Waals surface area (Å²) in [7, 11) is 9.08. The number of pyridine rings is 5. The summed E-state index contributed by atoms with van der Waals surface area (Å²) in [5, 5.41) is 0. The van der Waals surface area contributed by atoms with E-state index in [9.17, 15) is 69.1 Å². The molecule has 5 heterocycles. The van der Waals surface area contributed by atoms with E-state index in [1.54, 1.807) is 138 Å². The second kappa shape index (κ2) is 55.4. The van der Waals surface area contributed by atoms with Crippen LogP contribution in [0.4, 0.5) is 42.1 Å². The minimum Gasteiger partial charge on any atom is -0.375 e. The van der Waals surface area contributed by atoms with Crippen molar-refractivity contribution in [2.24, 2.45) is 0 Å². The smallest absolute Gasteiger partial charge is 0.256 e. The van der Waals surface area contributed by atoms with Crippen LogP contribution in [0.5, 0.6) is 0 Å². The number of carbonyl (C=O) groups excluding carboxylic acids is 8. The highest BCUT2D eigenvalue weighted by Gasteiger charge is 2.23. The van der Waals surface area contributed by atoms with E-state index in [-0.39, 0.29) is 88.2 Å². The third kappa shape index (κ3) is 32.7. The van der Waals surface area contributed by atoms with Gasteiger partial charge in [0.25, 0.3) is 17.7 Å². The van der Waals surface area contributed by atoms with Gasteiger partial charge in [-0.05, 0) is 268 Å². The molecule has 0 unspecified atom stereocenters. The molecular formula is C124H125F7N10O8. The van der Waals surface area contributed by atoms with Gasteiger partial charge in [0.15, 0.2) is 28.9 Å². The second-order valence-corrected chi connectivity index (χ2v) is 36.4. The zero-order chi connectivity index (χ0) is 107. The predicted octanol–water partition coefficient (Wildman–Crippen LogP) is 27.0. The van der Waals surface area contributed by atoms with Gasteiger partial charge in [-0.2, -0.15) is 22.5 Å². The number of hydrogen-bond donors (Lipinski definition) is 0. The van der Waals surface area contributed by atoms with E-state index in [0.29, 0.717) is 108 Å². The first-order valence-corrected chi connectivity index (χ1v) is 49.9. The number of aromatic nitrogens is 5. The van der Waals surface area contributed by atoms with Gasteiger partial charge in [-0.3, -0.25) is 48.3 Å². The molecule has 0 spiro atoms. The van der Waals surface area contributed by atoms with Crippen molar-refractivity contribution in [1.82, 2.24) is 39.6 Å². The number of carbonyl (C=O) groups is 8. The lowest BCUT2D eigenvalue weighted by atomic mass is 9.98. The van der Waals surface area contributed by atoms with E-state index in [1.807, 2.05) is 114 Å². The number of nitrogens with zero attached hydrogens (tertiary/aromatic N) is 10. The lowest BCUT2D eigenvalue weighted by molar-refractivity contribution is 0.0790. The standard InChI is InChI=1S/C26H27FN2O2.C25H24F2N2O2.C25H28N2O.C24H21F3N2O2.C24H25FN2O/c1-5-29(4)26(31)23-14-12-22(16-24(23)27)20-8-10-21(11-9-20)25(30)15-13-19-7-6-17(2)28-18(19)3;1-4-29(3)25(31)21-12-9-20(15-22(21)26)18-5-7-19(8-6-18)23(30)13-10-17-11-14-24(27)28-16(17)2;1-4-17-27(3)24-14-12-22(13-15-24)21-8-10-23(11-9-21)25(28)16-7-20-6-5-19(2)26-18-20;1-3-29(2)24(31)19-11-8-18(14-20(19)25)15-4-6-16(7-5-15)21(30)12-9-17-10-13-22(26)28-23(17)27;1-3-16-27(2)22-12-10-20(11-13-22)19-6-8-21(9-7-19)23(28)14-4-18-5-15-24(25)26-17-18/h6-12,14,16H,5,13,15H2,1-4H3;5-9,11-12,14-15H,4,10,13H2,1-3H3;5-6,8-15,18H,4,7,16-17H2,1-3H3;4-8,10-11,13-14H,3,9,12H2,1-2H3;5-13,15,17H,3-4,14,16H2,1-2H3. The number of aryl methyl sites for hydroxylation is 9. The van der Waals surface area contributed by atoms with Gasteiger partial charge in [-0.1, -0.05) is 202 Å². The van der Waals surface area contributed by atoms with Crippen molar-refractivity contribution >= 4 is 58.0 Å². The van der Waals surface area contributed by atoms with Crippen LogP contribution in [0.1, 0.15) is 213 Å². The average molecular weight is 2020 g/mol. The van der Waals surface area contributed by atoms with Crippen molar-refractivity contribution in [3.63, 3.8) is 0 Å². The Hall–Kier alpha value is -16.2. The van der Waals surface area contributed by atoms with Crippen LogP contribution >= 0.6 is 0 Å².